The molecule has 0 saturated heterocycles. The topological polar surface area (TPSA) is 34.9 Å². The molecule has 0 N–H and O–H groups in total. The molecule has 0 aliphatic carbocycles. The van der Waals surface area contributed by atoms with E-state index in [1.807, 2.05) is 0 Å². The Morgan fingerprint density at radius 2 is 2.00 bits per heavy atom. The van der Waals surface area contributed by atoms with Crippen molar-refractivity contribution in [1.82, 2.24) is 9.55 Å². The molecule has 2 rings (SSSR count). The van der Waals surface area contributed by atoms with Crippen molar-refractivity contribution in [3.05, 3.63) is 53.4 Å². The fourth-order valence-corrected chi connectivity index (χ4v) is 1.56. The van der Waals surface area contributed by atoms with Crippen LogP contribution in [0.3, 0.4) is 0 Å². The lowest BCUT2D eigenvalue weighted by Gasteiger charge is -2.08. The van der Waals surface area contributed by atoms with Gasteiger partial charge in [-0.1, -0.05) is 6.07 Å². The summed E-state index contributed by atoms with van der Waals surface area (Å²) in [5.74, 6) is -2.11. The van der Waals surface area contributed by atoms with Crippen molar-refractivity contribution in [1.29, 1.82) is 0 Å². The summed E-state index contributed by atoms with van der Waals surface area (Å²) in [6.45, 7) is 0. The maximum absolute atomic E-state index is 13.3. The summed E-state index contributed by atoms with van der Waals surface area (Å²) in [5, 5.41) is 0. The van der Waals surface area contributed by atoms with Gasteiger partial charge in [-0.2, -0.15) is 13.2 Å². The summed E-state index contributed by atoms with van der Waals surface area (Å²) in [6.07, 6.45) is -2.01. The highest BCUT2D eigenvalue weighted by molar-refractivity contribution is 6.07. The highest BCUT2D eigenvalue weighted by Gasteiger charge is 2.34. The number of halogens is 4. The maximum Gasteiger partial charge on any atom is 0.419 e. The largest absolute Gasteiger partial charge is 0.419 e. The van der Waals surface area contributed by atoms with E-state index in [9.17, 15) is 22.4 Å². The van der Waals surface area contributed by atoms with Crippen molar-refractivity contribution >= 4 is 5.78 Å². The molecule has 2 aromatic rings. The zero-order valence-electron chi connectivity index (χ0n) is 9.70. The van der Waals surface area contributed by atoms with E-state index in [0.29, 0.717) is 12.1 Å². The fraction of sp³-hybridized carbons (Fsp3) is 0.167. The molecule has 0 bridgehead atoms. The molecule has 1 aromatic heterocycles. The number of imidazole rings is 1. The van der Waals surface area contributed by atoms with Gasteiger partial charge in [0.15, 0.2) is 0 Å². The fourth-order valence-electron chi connectivity index (χ4n) is 1.56. The Kier molecular flexibility index (Phi) is 3.13. The molecule has 7 heteroatoms. The number of benzene rings is 1. The average molecular weight is 272 g/mol. The van der Waals surface area contributed by atoms with E-state index in [0.717, 1.165) is 6.07 Å². The summed E-state index contributed by atoms with van der Waals surface area (Å²) in [7, 11) is 1.64. The van der Waals surface area contributed by atoms with E-state index in [4.69, 9.17) is 0 Å². The zero-order chi connectivity index (χ0) is 14.2. The Labute approximate surface area is 105 Å². The maximum atomic E-state index is 13.3. The van der Waals surface area contributed by atoms with Crippen LogP contribution in [0.15, 0.2) is 30.7 Å². The first-order valence-electron chi connectivity index (χ1n) is 5.18. The lowest BCUT2D eigenvalue weighted by Crippen LogP contribution is -2.10. The van der Waals surface area contributed by atoms with E-state index in [-0.39, 0.29) is 11.3 Å². The number of aromatic nitrogens is 2. The number of ketones is 1. The van der Waals surface area contributed by atoms with Crippen molar-refractivity contribution in [2.75, 3.05) is 0 Å². The molecule has 19 heavy (non-hydrogen) atoms. The van der Waals surface area contributed by atoms with Gasteiger partial charge in [0.2, 0.25) is 5.78 Å². The van der Waals surface area contributed by atoms with Crippen LogP contribution in [0.4, 0.5) is 17.6 Å². The number of alkyl halides is 3. The van der Waals surface area contributed by atoms with Gasteiger partial charge in [0.1, 0.15) is 11.5 Å². The standard InChI is InChI=1S/C12H8F4N2O/c1-18-5-10(17-6-18)11(19)7-2-3-8(9(13)4-7)12(14,15)16/h2-6H,1H3. The lowest BCUT2D eigenvalue weighted by atomic mass is 10.1. The van der Waals surface area contributed by atoms with Gasteiger partial charge in [0.05, 0.1) is 11.9 Å². The molecule has 100 valence electrons. The van der Waals surface area contributed by atoms with Gasteiger partial charge in [0, 0.05) is 18.8 Å². The second-order valence-electron chi connectivity index (χ2n) is 3.95. The van der Waals surface area contributed by atoms with E-state index < -0.39 is 23.3 Å². The minimum atomic E-state index is -4.78. The van der Waals surface area contributed by atoms with Crippen molar-refractivity contribution in [3.63, 3.8) is 0 Å². The molecule has 0 amide bonds. The van der Waals surface area contributed by atoms with Crippen molar-refractivity contribution in [2.24, 2.45) is 7.05 Å². The summed E-state index contributed by atoms with van der Waals surface area (Å²) >= 11 is 0. The molecule has 0 unspecified atom stereocenters. The van der Waals surface area contributed by atoms with Crippen LogP contribution in [-0.4, -0.2) is 15.3 Å². The molecule has 1 heterocycles. The third-order valence-corrected chi connectivity index (χ3v) is 2.47. The normalized spacial score (nSPS) is 11.6. The van der Waals surface area contributed by atoms with Gasteiger partial charge < -0.3 is 4.57 Å². The predicted molar refractivity (Wildman–Crippen MR) is 58.0 cm³/mol. The Morgan fingerprint density at radius 3 is 2.47 bits per heavy atom. The highest BCUT2D eigenvalue weighted by Crippen LogP contribution is 2.31. The minimum absolute atomic E-state index is 0.0432. The predicted octanol–water partition coefficient (Wildman–Crippen LogP) is 2.81. The quantitative estimate of drug-likeness (QED) is 0.622. The minimum Gasteiger partial charge on any atom is -0.340 e. The third-order valence-electron chi connectivity index (χ3n) is 2.47. The first-order valence-corrected chi connectivity index (χ1v) is 5.18. The number of rotatable bonds is 2. The molecule has 1 aromatic carbocycles. The van der Waals surface area contributed by atoms with Gasteiger partial charge in [-0.3, -0.25) is 4.79 Å². The number of hydrogen-bond acceptors (Lipinski definition) is 2. The average Bonchev–Trinajstić information content (AvgIpc) is 2.73. The first kappa shape index (κ1) is 13.3. The van der Waals surface area contributed by atoms with E-state index in [1.54, 1.807) is 7.05 Å². The number of nitrogens with zero attached hydrogens (tertiary/aromatic N) is 2. The van der Waals surface area contributed by atoms with Gasteiger partial charge in [-0.15, -0.1) is 0 Å². The summed E-state index contributed by atoms with van der Waals surface area (Å²) in [5.41, 5.74) is -1.53. The Hall–Kier alpha value is -2.18. The molecule has 0 atom stereocenters. The summed E-state index contributed by atoms with van der Waals surface area (Å²) in [6, 6.07) is 2.05. The van der Waals surface area contributed by atoms with Crippen molar-refractivity contribution < 1.29 is 22.4 Å². The van der Waals surface area contributed by atoms with Crippen LogP contribution in [0, 0.1) is 5.82 Å². The van der Waals surface area contributed by atoms with Crippen LogP contribution < -0.4 is 0 Å². The first-order chi connectivity index (χ1) is 8.79. The van der Waals surface area contributed by atoms with Crippen molar-refractivity contribution in [3.8, 4) is 0 Å². The molecule has 3 nitrogen and oxygen atoms in total. The zero-order valence-corrected chi connectivity index (χ0v) is 9.70. The van der Waals surface area contributed by atoms with Crippen LogP contribution in [0.25, 0.3) is 0 Å². The van der Waals surface area contributed by atoms with E-state index in [1.165, 1.54) is 17.1 Å². The molecule has 0 aliphatic rings. The number of carbonyl (C=O) groups is 1. The lowest BCUT2D eigenvalue weighted by molar-refractivity contribution is -0.140. The number of carbonyl (C=O) groups excluding carboxylic acids is 1. The molecule has 0 fully saturated rings. The van der Waals surface area contributed by atoms with Crippen LogP contribution in [0.5, 0.6) is 0 Å². The third kappa shape index (κ3) is 2.64. The summed E-state index contributed by atoms with van der Waals surface area (Å²) < 4.78 is 51.9. The van der Waals surface area contributed by atoms with Gasteiger partial charge in [-0.05, 0) is 12.1 Å². The second kappa shape index (κ2) is 4.49. The Morgan fingerprint density at radius 1 is 1.32 bits per heavy atom. The molecule has 0 aliphatic heterocycles. The van der Waals surface area contributed by atoms with Crippen molar-refractivity contribution in [2.45, 2.75) is 6.18 Å². The SMILES string of the molecule is Cn1cnc(C(=O)c2ccc(C(F)(F)F)c(F)c2)c1. The van der Waals surface area contributed by atoms with E-state index >= 15 is 0 Å². The summed E-state index contributed by atoms with van der Waals surface area (Å²) in [4.78, 5) is 15.6. The van der Waals surface area contributed by atoms with Gasteiger partial charge in [0.25, 0.3) is 0 Å². The molecular formula is C12H8F4N2O. The Bertz CT molecular complexity index is 631. The Balaban J connectivity index is 2.38. The molecular weight excluding hydrogens is 264 g/mol. The van der Waals surface area contributed by atoms with Gasteiger partial charge in [-0.25, -0.2) is 9.37 Å². The van der Waals surface area contributed by atoms with Gasteiger partial charge >= 0.3 is 6.18 Å². The molecule has 0 saturated carbocycles. The van der Waals surface area contributed by atoms with Crippen LogP contribution in [0.1, 0.15) is 21.6 Å². The monoisotopic (exact) mass is 272 g/mol. The molecule has 0 radical (unpaired) electrons. The number of aryl methyl sites for hydroxylation is 1. The second-order valence-corrected chi connectivity index (χ2v) is 3.95. The van der Waals surface area contributed by atoms with Crippen LogP contribution in [-0.2, 0) is 13.2 Å². The molecule has 0 spiro atoms. The van der Waals surface area contributed by atoms with E-state index in [2.05, 4.69) is 4.98 Å². The smallest absolute Gasteiger partial charge is 0.340 e. The van der Waals surface area contributed by atoms with Crippen LogP contribution in [0.2, 0.25) is 0 Å². The number of hydrogen-bond donors (Lipinski definition) is 0. The highest BCUT2D eigenvalue weighted by atomic mass is 19.4. The van der Waals surface area contributed by atoms with Crippen LogP contribution >= 0.6 is 0 Å².